The van der Waals surface area contributed by atoms with Crippen molar-refractivity contribution < 1.29 is 4.79 Å². The molecule has 0 bridgehead atoms. The number of halogens is 1. The molecule has 0 aliphatic rings. The predicted molar refractivity (Wildman–Crippen MR) is 97.0 cm³/mol. The average Bonchev–Trinajstić information content (AvgIpc) is 3.17. The van der Waals surface area contributed by atoms with Crippen LogP contribution >= 0.6 is 39.0 Å². The van der Waals surface area contributed by atoms with Gasteiger partial charge in [-0.1, -0.05) is 33.8 Å². The van der Waals surface area contributed by atoms with Gasteiger partial charge >= 0.3 is 0 Å². The second-order valence-corrected chi connectivity index (χ2v) is 7.30. The Morgan fingerprint density at radius 2 is 2.09 bits per heavy atom. The quantitative estimate of drug-likeness (QED) is 0.498. The third-order valence-corrected chi connectivity index (χ3v) is 5.20. The summed E-state index contributed by atoms with van der Waals surface area (Å²) in [6, 6.07) is 11.2. The number of benzene rings is 1. The number of anilines is 1. The van der Waals surface area contributed by atoms with Gasteiger partial charge in [-0.05, 0) is 35.7 Å². The van der Waals surface area contributed by atoms with Gasteiger partial charge < -0.3 is 11.2 Å². The second-order valence-electron chi connectivity index (χ2n) is 4.50. The maximum atomic E-state index is 12.0. The van der Waals surface area contributed by atoms with Crippen LogP contribution in [-0.2, 0) is 4.79 Å². The molecule has 2 aromatic heterocycles. The summed E-state index contributed by atoms with van der Waals surface area (Å²) in [5.41, 5.74) is 0.743. The first-order chi connectivity index (χ1) is 11.1. The highest BCUT2D eigenvalue weighted by Crippen LogP contribution is 2.25. The van der Waals surface area contributed by atoms with E-state index in [1.54, 1.807) is 0 Å². The van der Waals surface area contributed by atoms with Gasteiger partial charge in [0.15, 0.2) is 5.82 Å². The van der Waals surface area contributed by atoms with E-state index in [9.17, 15) is 4.79 Å². The lowest BCUT2D eigenvalue weighted by molar-refractivity contribution is -0.113. The third kappa shape index (κ3) is 3.92. The number of carbonyl (C=O) groups is 1. The number of aromatic nitrogens is 3. The molecule has 0 saturated heterocycles. The highest BCUT2D eigenvalue weighted by atomic mass is 79.9. The molecule has 0 aliphatic carbocycles. The molecule has 0 atom stereocenters. The van der Waals surface area contributed by atoms with Gasteiger partial charge in [-0.2, -0.15) is 0 Å². The van der Waals surface area contributed by atoms with Crippen molar-refractivity contribution in [2.75, 3.05) is 16.9 Å². The maximum Gasteiger partial charge on any atom is 0.234 e. The summed E-state index contributed by atoms with van der Waals surface area (Å²) in [5, 5.41) is 13.4. The number of carbonyl (C=O) groups excluding carboxylic acids is 1. The van der Waals surface area contributed by atoms with Crippen LogP contribution in [0.5, 0.6) is 0 Å². The van der Waals surface area contributed by atoms with Gasteiger partial charge in [0, 0.05) is 10.2 Å². The van der Waals surface area contributed by atoms with Crippen LogP contribution in [0, 0.1) is 0 Å². The molecule has 0 aliphatic heterocycles. The number of amides is 1. The zero-order valence-corrected chi connectivity index (χ0v) is 15.0. The van der Waals surface area contributed by atoms with E-state index in [0.717, 1.165) is 15.0 Å². The molecule has 0 spiro atoms. The minimum Gasteiger partial charge on any atom is -0.335 e. The van der Waals surface area contributed by atoms with Crippen molar-refractivity contribution in [1.82, 2.24) is 14.9 Å². The van der Waals surface area contributed by atoms with Crippen LogP contribution in [-0.4, -0.2) is 26.5 Å². The number of rotatable bonds is 5. The molecule has 0 unspecified atom stereocenters. The molecule has 1 aromatic carbocycles. The fourth-order valence-electron chi connectivity index (χ4n) is 1.81. The van der Waals surface area contributed by atoms with Crippen LogP contribution in [0.25, 0.3) is 10.7 Å². The van der Waals surface area contributed by atoms with Crippen molar-refractivity contribution in [1.29, 1.82) is 0 Å². The van der Waals surface area contributed by atoms with Crippen molar-refractivity contribution in [3.63, 3.8) is 0 Å². The van der Waals surface area contributed by atoms with Crippen molar-refractivity contribution >= 4 is 50.6 Å². The Bertz CT molecular complexity index is 801. The molecule has 3 rings (SSSR count). The first-order valence-electron chi connectivity index (χ1n) is 6.56. The van der Waals surface area contributed by atoms with E-state index in [1.165, 1.54) is 27.8 Å². The first-order valence-corrected chi connectivity index (χ1v) is 9.22. The zero-order chi connectivity index (χ0) is 16.2. The van der Waals surface area contributed by atoms with Crippen LogP contribution in [0.3, 0.4) is 0 Å². The van der Waals surface area contributed by atoms with E-state index < -0.39 is 0 Å². The van der Waals surface area contributed by atoms with Crippen molar-refractivity contribution in [3.8, 4) is 10.7 Å². The molecule has 118 valence electrons. The van der Waals surface area contributed by atoms with E-state index in [-0.39, 0.29) is 11.7 Å². The zero-order valence-electron chi connectivity index (χ0n) is 11.8. The molecule has 2 heterocycles. The molecular weight excluding hydrogens is 398 g/mol. The van der Waals surface area contributed by atoms with Crippen LogP contribution in [0.1, 0.15) is 0 Å². The summed E-state index contributed by atoms with van der Waals surface area (Å²) < 4.78 is 2.37. The molecular formula is C14H12BrN5OS2. The van der Waals surface area contributed by atoms with Crippen LogP contribution in [0.15, 0.2) is 51.4 Å². The van der Waals surface area contributed by atoms with Gasteiger partial charge in [-0.15, -0.1) is 21.5 Å². The molecule has 1 amide bonds. The third-order valence-electron chi connectivity index (χ3n) is 2.87. The van der Waals surface area contributed by atoms with Crippen LogP contribution < -0.4 is 11.2 Å². The van der Waals surface area contributed by atoms with Gasteiger partial charge in [0.05, 0.1) is 10.6 Å². The number of thioether (sulfide) groups is 1. The second kappa shape index (κ2) is 7.16. The number of thiophene rings is 1. The number of hydrogen-bond donors (Lipinski definition) is 2. The van der Waals surface area contributed by atoms with Crippen LogP contribution in [0.2, 0.25) is 0 Å². The summed E-state index contributed by atoms with van der Waals surface area (Å²) >= 11 is 6.13. The van der Waals surface area contributed by atoms with Gasteiger partial charge in [0.2, 0.25) is 11.1 Å². The molecule has 0 radical (unpaired) electrons. The monoisotopic (exact) mass is 409 g/mol. The molecule has 3 aromatic rings. The Hall–Kier alpha value is -1.84. The van der Waals surface area contributed by atoms with Crippen molar-refractivity contribution in [2.45, 2.75) is 5.16 Å². The number of nitrogens with one attached hydrogen (secondary N) is 1. The highest BCUT2D eigenvalue weighted by Gasteiger charge is 2.14. The molecule has 9 heteroatoms. The minimum atomic E-state index is -0.127. The summed E-state index contributed by atoms with van der Waals surface area (Å²) in [5.74, 6) is 6.66. The van der Waals surface area contributed by atoms with E-state index in [1.807, 2.05) is 41.8 Å². The van der Waals surface area contributed by atoms with E-state index in [0.29, 0.717) is 11.0 Å². The van der Waals surface area contributed by atoms with Gasteiger partial charge in [0.1, 0.15) is 0 Å². The van der Waals surface area contributed by atoms with E-state index in [2.05, 4.69) is 31.4 Å². The number of nitrogen functional groups attached to an aromatic ring is 1. The van der Waals surface area contributed by atoms with Gasteiger partial charge in [0.25, 0.3) is 0 Å². The standard InChI is InChI=1S/C14H12BrN5OS2/c15-9-3-5-10(6-4-9)17-12(21)8-23-14-19-18-13(20(14)16)11-2-1-7-22-11/h1-7H,8,16H2,(H,17,21). The Kier molecular flexibility index (Phi) is 4.99. The molecule has 6 nitrogen and oxygen atoms in total. The predicted octanol–water partition coefficient (Wildman–Crippen LogP) is 3.21. The van der Waals surface area contributed by atoms with Crippen molar-refractivity contribution in [3.05, 3.63) is 46.3 Å². The summed E-state index contributed by atoms with van der Waals surface area (Å²) in [6.45, 7) is 0. The number of nitrogens with two attached hydrogens (primary N) is 1. The largest absolute Gasteiger partial charge is 0.335 e. The molecule has 3 N–H and O–H groups in total. The maximum absolute atomic E-state index is 12.0. The first kappa shape index (κ1) is 16.0. The fourth-order valence-corrected chi connectivity index (χ4v) is 3.44. The topological polar surface area (TPSA) is 85.8 Å². The highest BCUT2D eigenvalue weighted by molar-refractivity contribution is 9.10. The summed E-state index contributed by atoms with van der Waals surface area (Å²) in [4.78, 5) is 12.9. The molecule has 0 fully saturated rings. The minimum absolute atomic E-state index is 0.127. The Balaban J connectivity index is 1.60. The van der Waals surface area contributed by atoms with Crippen LogP contribution in [0.4, 0.5) is 5.69 Å². The number of hydrogen-bond acceptors (Lipinski definition) is 6. The van der Waals surface area contributed by atoms with Gasteiger partial charge in [-0.3, -0.25) is 4.79 Å². The normalized spacial score (nSPS) is 10.7. The van der Waals surface area contributed by atoms with Gasteiger partial charge in [-0.25, -0.2) is 4.68 Å². The SMILES string of the molecule is Nn1c(SCC(=O)Nc2ccc(Br)cc2)nnc1-c1cccs1. The van der Waals surface area contributed by atoms with E-state index >= 15 is 0 Å². The van der Waals surface area contributed by atoms with E-state index in [4.69, 9.17) is 5.84 Å². The summed E-state index contributed by atoms with van der Waals surface area (Å²) in [6.07, 6.45) is 0. The smallest absolute Gasteiger partial charge is 0.234 e. The molecule has 23 heavy (non-hydrogen) atoms. The average molecular weight is 410 g/mol. The Morgan fingerprint density at radius 1 is 1.30 bits per heavy atom. The lowest BCUT2D eigenvalue weighted by atomic mass is 10.3. The van der Waals surface area contributed by atoms with Crippen molar-refractivity contribution in [2.24, 2.45) is 0 Å². The summed E-state index contributed by atoms with van der Waals surface area (Å²) in [7, 11) is 0. The lowest BCUT2D eigenvalue weighted by Gasteiger charge is -2.05. The Morgan fingerprint density at radius 3 is 2.78 bits per heavy atom. The number of nitrogens with zero attached hydrogens (tertiary/aromatic N) is 3. The molecule has 0 saturated carbocycles. The Labute approximate surface area is 149 Å². The fraction of sp³-hybridized carbons (Fsp3) is 0.0714. The lowest BCUT2D eigenvalue weighted by Crippen LogP contribution is -2.16.